The van der Waals surface area contributed by atoms with Gasteiger partial charge in [0.2, 0.25) is 0 Å². The van der Waals surface area contributed by atoms with E-state index in [2.05, 4.69) is 25.8 Å². The Morgan fingerprint density at radius 1 is 1.43 bits per heavy atom. The van der Waals surface area contributed by atoms with Crippen molar-refractivity contribution < 1.29 is 4.74 Å². The number of rotatable bonds is 1. The van der Waals surface area contributed by atoms with Gasteiger partial charge in [-0.05, 0) is 22.0 Å². The number of pyridine rings is 1. The SMILES string of the molecule is Nc1cc(Br)c(N2CCOCC2)cn1. The number of hydrogen-bond acceptors (Lipinski definition) is 4. The Balaban J connectivity index is 2.22. The fraction of sp³-hybridized carbons (Fsp3) is 0.444. The molecule has 1 aromatic heterocycles. The number of ether oxygens (including phenoxy) is 1. The van der Waals surface area contributed by atoms with E-state index in [9.17, 15) is 0 Å². The molecule has 0 saturated carbocycles. The van der Waals surface area contributed by atoms with Gasteiger partial charge in [-0.15, -0.1) is 0 Å². The molecule has 2 rings (SSSR count). The first-order valence-corrected chi connectivity index (χ1v) is 5.30. The molecule has 0 atom stereocenters. The summed E-state index contributed by atoms with van der Waals surface area (Å²) >= 11 is 3.48. The monoisotopic (exact) mass is 257 g/mol. The largest absolute Gasteiger partial charge is 0.384 e. The first-order chi connectivity index (χ1) is 6.77. The highest BCUT2D eigenvalue weighted by Crippen LogP contribution is 2.27. The highest BCUT2D eigenvalue weighted by atomic mass is 79.9. The average molecular weight is 258 g/mol. The Morgan fingerprint density at radius 2 is 2.14 bits per heavy atom. The number of morpholine rings is 1. The van der Waals surface area contributed by atoms with Crippen molar-refractivity contribution in [3.05, 3.63) is 16.7 Å². The van der Waals surface area contributed by atoms with Crippen molar-refractivity contribution in [2.75, 3.05) is 36.9 Å². The second kappa shape index (κ2) is 4.14. The third-order valence-electron chi connectivity index (χ3n) is 2.21. The molecule has 1 aromatic rings. The van der Waals surface area contributed by atoms with Crippen LogP contribution >= 0.6 is 15.9 Å². The fourth-order valence-electron chi connectivity index (χ4n) is 1.48. The van der Waals surface area contributed by atoms with Crippen LogP contribution in [-0.4, -0.2) is 31.3 Å². The first-order valence-electron chi connectivity index (χ1n) is 4.51. The standard InChI is InChI=1S/C9H12BrN3O/c10-7-5-9(11)12-6-8(7)13-1-3-14-4-2-13/h5-6H,1-4H2,(H2,11,12). The topological polar surface area (TPSA) is 51.4 Å². The summed E-state index contributed by atoms with van der Waals surface area (Å²) in [7, 11) is 0. The van der Waals surface area contributed by atoms with E-state index < -0.39 is 0 Å². The summed E-state index contributed by atoms with van der Waals surface area (Å²) in [5, 5.41) is 0. The van der Waals surface area contributed by atoms with Crippen LogP contribution in [0.4, 0.5) is 11.5 Å². The zero-order chi connectivity index (χ0) is 9.97. The molecule has 5 heteroatoms. The minimum atomic E-state index is 0.536. The van der Waals surface area contributed by atoms with Crippen molar-refractivity contribution in [2.45, 2.75) is 0 Å². The second-order valence-electron chi connectivity index (χ2n) is 3.16. The molecule has 1 aliphatic heterocycles. The molecule has 0 unspecified atom stereocenters. The molecule has 0 spiro atoms. The number of halogens is 1. The maximum Gasteiger partial charge on any atom is 0.124 e. The van der Waals surface area contributed by atoms with Crippen molar-refractivity contribution in [1.82, 2.24) is 4.98 Å². The van der Waals surface area contributed by atoms with Crippen LogP contribution < -0.4 is 10.6 Å². The van der Waals surface area contributed by atoms with Crippen molar-refractivity contribution >= 4 is 27.4 Å². The molecular weight excluding hydrogens is 246 g/mol. The number of nitrogens with zero attached hydrogens (tertiary/aromatic N) is 2. The minimum Gasteiger partial charge on any atom is -0.384 e. The van der Waals surface area contributed by atoms with Crippen molar-refractivity contribution in [2.24, 2.45) is 0 Å². The van der Waals surface area contributed by atoms with Gasteiger partial charge in [-0.1, -0.05) is 0 Å². The van der Waals surface area contributed by atoms with Gasteiger partial charge >= 0.3 is 0 Å². The van der Waals surface area contributed by atoms with Crippen LogP contribution in [0.1, 0.15) is 0 Å². The summed E-state index contributed by atoms with van der Waals surface area (Å²) < 4.78 is 6.28. The lowest BCUT2D eigenvalue weighted by molar-refractivity contribution is 0.122. The van der Waals surface area contributed by atoms with Crippen LogP contribution in [-0.2, 0) is 4.74 Å². The predicted octanol–water partition coefficient (Wildman–Crippen LogP) is 1.26. The number of hydrogen-bond donors (Lipinski definition) is 1. The molecular formula is C9H12BrN3O. The lowest BCUT2D eigenvalue weighted by atomic mass is 10.3. The first kappa shape index (κ1) is 9.73. The minimum absolute atomic E-state index is 0.536. The highest BCUT2D eigenvalue weighted by Gasteiger charge is 2.14. The van der Waals surface area contributed by atoms with E-state index in [-0.39, 0.29) is 0 Å². The maximum atomic E-state index is 5.57. The predicted molar refractivity (Wildman–Crippen MR) is 59.4 cm³/mol. The lowest BCUT2D eigenvalue weighted by Crippen LogP contribution is -2.36. The number of nitrogens with two attached hydrogens (primary N) is 1. The summed E-state index contributed by atoms with van der Waals surface area (Å²) in [6.07, 6.45) is 1.80. The third kappa shape index (κ3) is 1.99. The summed E-state index contributed by atoms with van der Waals surface area (Å²) in [6.45, 7) is 3.36. The van der Waals surface area contributed by atoms with Crippen LogP contribution in [0.5, 0.6) is 0 Å². The summed E-state index contributed by atoms with van der Waals surface area (Å²) in [6, 6.07) is 1.82. The molecule has 4 nitrogen and oxygen atoms in total. The van der Waals surface area contributed by atoms with Gasteiger partial charge in [-0.25, -0.2) is 4.98 Å². The summed E-state index contributed by atoms with van der Waals surface area (Å²) in [5.41, 5.74) is 6.66. The Hall–Kier alpha value is -0.810. The van der Waals surface area contributed by atoms with Crippen LogP contribution in [0, 0.1) is 0 Å². The second-order valence-corrected chi connectivity index (χ2v) is 4.01. The van der Waals surface area contributed by atoms with Gasteiger partial charge in [-0.3, -0.25) is 0 Å². The lowest BCUT2D eigenvalue weighted by Gasteiger charge is -2.29. The van der Waals surface area contributed by atoms with Gasteiger partial charge in [0.1, 0.15) is 5.82 Å². The molecule has 14 heavy (non-hydrogen) atoms. The van der Waals surface area contributed by atoms with Crippen molar-refractivity contribution in [3.8, 4) is 0 Å². The summed E-state index contributed by atoms with van der Waals surface area (Å²) in [5.74, 6) is 0.536. The summed E-state index contributed by atoms with van der Waals surface area (Å²) in [4.78, 5) is 6.32. The molecule has 0 amide bonds. The van der Waals surface area contributed by atoms with Crippen molar-refractivity contribution in [3.63, 3.8) is 0 Å². The number of nitrogen functional groups attached to an aromatic ring is 1. The zero-order valence-electron chi connectivity index (χ0n) is 7.74. The van der Waals surface area contributed by atoms with E-state index in [1.807, 2.05) is 6.07 Å². The van der Waals surface area contributed by atoms with E-state index in [1.165, 1.54) is 0 Å². The van der Waals surface area contributed by atoms with E-state index in [4.69, 9.17) is 10.5 Å². The molecule has 1 saturated heterocycles. The molecule has 0 aromatic carbocycles. The van der Waals surface area contributed by atoms with E-state index in [1.54, 1.807) is 6.20 Å². The van der Waals surface area contributed by atoms with Crippen LogP contribution in [0.25, 0.3) is 0 Å². The molecule has 0 radical (unpaired) electrons. The van der Waals surface area contributed by atoms with E-state index >= 15 is 0 Å². The van der Waals surface area contributed by atoms with Gasteiger partial charge in [-0.2, -0.15) is 0 Å². The normalized spacial score (nSPS) is 17.1. The van der Waals surface area contributed by atoms with Gasteiger partial charge in [0, 0.05) is 17.6 Å². The highest BCUT2D eigenvalue weighted by molar-refractivity contribution is 9.10. The molecule has 0 aliphatic carbocycles. The van der Waals surface area contributed by atoms with Crippen LogP contribution in [0.15, 0.2) is 16.7 Å². The molecule has 2 heterocycles. The smallest absolute Gasteiger partial charge is 0.124 e. The molecule has 0 bridgehead atoms. The van der Waals surface area contributed by atoms with Gasteiger partial charge < -0.3 is 15.4 Å². The Kier molecular flexibility index (Phi) is 2.88. The van der Waals surface area contributed by atoms with Crippen molar-refractivity contribution in [1.29, 1.82) is 0 Å². The Morgan fingerprint density at radius 3 is 2.79 bits per heavy atom. The molecule has 2 N–H and O–H groups in total. The van der Waals surface area contributed by atoms with Crippen LogP contribution in [0.3, 0.4) is 0 Å². The Labute approximate surface area is 91.2 Å². The molecule has 1 aliphatic rings. The van der Waals surface area contributed by atoms with Gasteiger partial charge in [0.15, 0.2) is 0 Å². The molecule has 76 valence electrons. The quantitative estimate of drug-likeness (QED) is 0.824. The van der Waals surface area contributed by atoms with E-state index in [0.29, 0.717) is 5.82 Å². The van der Waals surface area contributed by atoms with Gasteiger partial charge in [0.25, 0.3) is 0 Å². The number of anilines is 2. The third-order valence-corrected chi connectivity index (χ3v) is 2.84. The fourth-order valence-corrected chi connectivity index (χ4v) is 2.06. The van der Waals surface area contributed by atoms with Gasteiger partial charge in [0.05, 0.1) is 25.1 Å². The average Bonchev–Trinajstić information content (AvgIpc) is 2.19. The Bertz CT molecular complexity index is 326. The zero-order valence-corrected chi connectivity index (χ0v) is 9.33. The van der Waals surface area contributed by atoms with Crippen LogP contribution in [0.2, 0.25) is 0 Å². The van der Waals surface area contributed by atoms with E-state index in [0.717, 1.165) is 36.5 Å². The molecule has 1 fully saturated rings. The maximum absolute atomic E-state index is 5.57. The number of aromatic nitrogens is 1.